The Morgan fingerprint density at radius 1 is 0.974 bits per heavy atom. The number of aromatic nitrogens is 1. The average molecular weight is 514 g/mol. The van der Waals surface area contributed by atoms with Crippen LogP contribution in [0.5, 0.6) is 17.2 Å². The van der Waals surface area contributed by atoms with E-state index in [9.17, 15) is 24.6 Å². The van der Waals surface area contributed by atoms with Gasteiger partial charge in [0.05, 0.1) is 26.2 Å². The summed E-state index contributed by atoms with van der Waals surface area (Å²) in [5, 5.41) is 22.0. The first-order valence-electron chi connectivity index (χ1n) is 11.7. The molecule has 0 bridgehead atoms. The van der Waals surface area contributed by atoms with Gasteiger partial charge in [-0.05, 0) is 23.6 Å². The molecule has 38 heavy (non-hydrogen) atoms. The fourth-order valence-corrected chi connectivity index (χ4v) is 4.60. The number of hydrogen-bond donors (Lipinski definition) is 3. The highest BCUT2D eigenvalue weighted by molar-refractivity contribution is 5.91. The van der Waals surface area contributed by atoms with Crippen molar-refractivity contribution in [1.29, 1.82) is 0 Å². The molecule has 0 unspecified atom stereocenters. The second kappa shape index (κ2) is 9.78. The third-order valence-electron chi connectivity index (χ3n) is 6.46. The number of esters is 1. The van der Waals surface area contributed by atoms with Crippen molar-refractivity contribution in [3.63, 3.8) is 0 Å². The number of phenolic OH excluding ortho intramolecular Hbond substituents is 2. The van der Waals surface area contributed by atoms with E-state index in [1.54, 1.807) is 54.6 Å². The maximum absolute atomic E-state index is 13.3. The number of pyridine rings is 1. The SMILES string of the molecule is COC(=O)C[C@@H](c1cc2ccc(OC)cc2[nH]c1=O)c1c(O)cc(O)c2c(=O)cc(-c3ccccc3)oc12. The summed E-state index contributed by atoms with van der Waals surface area (Å²) in [6.45, 7) is 0. The number of phenols is 2. The van der Waals surface area contributed by atoms with Crippen LogP contribution in [0.3, 0.4) is 0 Å². The Kier molecular flexibility index (Phi) is 6.34. The molecule has 2 heterocycles. The molecule has 5 rings (SSSR count). The summed E-state index contributed by atoms with van der Waals surface area (Å²) in [6, 6.07) is 17.8. The molecule has 0 saturated heterocycles. The average Bonchev–Trinajstić information content (AvgIpc) is 2.91. The van der Waals surface area contributed by atoms with Gasteiger partial charge < -0.3 is 29.1 Å². The molecule has 0 saturated carbocycles. The van der Waals surface area contributed by atoms with Gasteiger partial charge in [-0.1, -0.05) is 30.3 Å². The molecular weight excluding hydrogens is 490 g/mol. The smallest absolute Gasteiger partial charge is 0.306 e. The lowest BCUT2D eigenvalue weighted by molar-refractivity contribution is -0.140. The molecule has 9 heteroatoms. The molecule has 3 aromatic carbocycles. The Labute approximate surface area is 215 Å². The van der Waals surface area contributed by atoms with Crippen molar-refractivity contribution in [3.8, 4) is 28.6 Å². The van der Waals surface area contributed by atoms with E-state index in [-0.39, 0.29) is 34.3 Å². The number of fused-ring (bicyclic) bond motifs is 2. The lowest BCUT2D eigenvalue weighted by Gasteiger charge is -2.20. The molecule has 0 aliphatic heterocycles. The van der Waals surface area contributed by atoms with Gasteiger partial charge >= 0.3 is 5.97 Å². The zero-order valence-electron chi connectivity index (χ0n) is 20.5. The molecule has 0 spiro atoms. The van der Waals surface area contributed by atoms with Crippen LogP contribution in [0.15, 0.2) is 80.7 Å². The number of carbonyl (C=O) groups excluding carboxylic acids is 1. The molecule has 9 nitrogen and oxygen atoms in total. The highest BCUT2D eigenvalue weighted by Crippen LogP contribution is 2.42. The lowest BCUT2D eigenvalue weighted by Crippen LogP contribution is -2.20. The first-order valence-corrected chi connectivity index (χ1v) is 11.7. The van der Waals surface area contributed by atoms with E-state index in [4.69, 9.17) is 13.9 Å². The maximum atomic E-state index is 13.3. The summed E-state index contributed by atoms with van der Waals surface area (Å²) in [7, 11) is 2.72. The summed E-state index contributed by atoms with van der Waals surface area (Å²) in [4.78, 5) is 41.8. The van der Waals surface area contributed by atoms with Crippen LogP contribution in [0, 0.1) is 0 Å². The van der Waals surface area contributed by atoms with Crippen molar-refractivity contribution in [2.24, 2.45) is 0 Å². The molecule has 0 amide bonds. The second-order valence-corrected chi connectivity index (χ2v) is 8.71. The van der Waals surface area contributed by atoms with E-state index in [2.05, 4.69) is 4.98 Å². The molecule has 1 atom stereocenters. The lowest BCUT2D eigenvalue weighted by atomic mass is 9.86. The zero-order chi connectivity index (χ0) is 27.0. The number of methoxy groups -OCH3 is 2. The monoisotopic (exact) mass is 513 g/mol. The number of aromatic hydroxyl groups is 2. The van der Waals surface area contributed by atoms with Gasteiger partial charge in [0.1, 0.15) is 34.0 Å². The third-order valence-corrected chi connectivity index (χ3v) is 6.46. The highest BCUT2D eigenvalue weighted by Gasteiger charge is 2.30. The summed E-state index contributed by atoms with van der Waals surface area (Å²) in [6.07, 6.45) is -0.353. The minimum Gasteiger partial charge on any atom is -0.507 e. The largest absolute Gasteiger partial charge is 0.507 e. The van der Waals surface area contributed by atoms with E-state index in [1.807, 2.05) is 0 Å². The van der Waals surface area contributed by atoms with Gasteiger partial charge in [-0.3, -0.25) is 14.4 Å². The normalized spacial score (nSPS) is 11.9. The number of carbonyl (C=O) groups is 1. The van der Waals surface area contributed by atoms with Crippen LogP contribution >= 0.6 is 0 Å². The highest BCUT2D eigenvalue weighted by atomic mass is 16.5. The molecular formula is C29H23NO8. The minimum atomic E-state index is -1.09. The summed E-state index contributed by atoms with van der Waals surface area (Å²) < 4.78 is 16.2. The van der Waals surface area contributed by atoms with Crippen LogP contribution in [-0.2, 0) is 9.53 Å². The van der Waals surface area contributed by atoms with Crippen molar-refractivity contribution < 1.29 is 28.9 Å². The first-order chi connectivity index (χ1) is 18.3. The van der Waals surface area contributed by atoms with Gasteiger partial charge in [0.2, 0.25) is 0 Å². The van der Waals surface area contributed by atoms with Crippen LogP contribution in [0.2, 0.25) is 0 Å². The van der Waals surface area contributed by atoms with E-state index in [0.29, 0.717) is 22.2 Å². The quantitative estimate of drug-likeness (QED) is 0.284. The number of ether oxygens (including phenoxy) is 2. The first kappa shape index (κ1) is 24.6. The Hall–Kier alpha value is -5.05. The molecule has 2 aromatic heterocycles. The second-order valence-electron chi connectivity index (χ2n) is 8.71. The molecule has 0 fully saturated rings. The summed E-state index contributed by atoms with van der Waals surface area (Å²) >= 11 is 0. The number of nitrogens with one attached hydrogen (secondary N) is 1. The fourth-order valence-electron chi connectivity index (χ4n) is 4.60. The van der Waals surface area contributed by atoms with Gasteiger partial charge in [0.15, 0.2) is 5.43 Å². The zero-order valence-corrected chi connectivity index (χ0v) is 20.5. The van der Waals surface area contributed by atoms with Crippen LogP contribution < -0.4 is 15.7 Å². The number of benzene rings is 3. The molecule has 0 aliphatic carbocycles. The molecule has 3 N–H and O–H groups in total. The Morgan fingerprint density at radius 2 is 1.74 bits per heavy atom. The van der Waals surface area contributed by atoms with Gasteiger partial charge in [0, 0.05) is 40.8 Å². The van der Waals surface area contributed by atoms with Gasteiger partial charge in [0.25, 0.3) is 5.56 Å². The maximum Gasteiger partial charge on any atom is 0.306 e. The van der Waals surface area contributed by atoms with Crippen LogP contribution in [0.4, 0.5) is 0 Å². The van der Waals surface area contributed by atoms with Gasteiger partial charge in [-0.15, -0.1) is 0 Å². The predicted molar refractivity (Wildman–Crippen MR) is 141 cm³/mol. The number of rotatable bonds is 6. The Bertz CT molecular complexity index is 1800. The van der Waals surface area contributed by atoms with Crippen LogP contribution in [0.1, 0.15) is 23.5 Å². The number of H-pyrrole nitrogens is 1. The molecule has 0 radical (unpaired) electrons. The van der Waals surface area contributed by atoms with Crippen molar-refractivity contribution in [2.75, 3.05) is 14.2 Å². The van der Waals surface area contributed by atoms with Crippen molar-refractivity contribution in [3.05, 3.63) is 98.4 Å². The van der Waals surface area contributed by atoms with E-state index >= 15 is 0 Å². The molecule has 5 aromatic rings. The van der Waals surface area contributed by atoms with E-state index in [0.717, 1.165) is 6.07 Å². The Balaban J connectivity index is 1.83. The van der Waals surface area contributed by atoms with Crippen molar-refractivity contribution >= 4 is 27.8 Å². The van der Waals surface area contributed by atoms with Gasteiger partial charge in [-0.2, -0.15) is 0 Å². The Morgan fingerprint density at radius 3 is 2.45 bits per heavy atom. The summed E-state index contributed by atoms with van der Waals surface area (Å²) in [5.74, 6) is -1.96. The van der Waals surface area contributed by atoms with Crippen molar-refractivity contribution in [1.82, 2.24) is 4.98 Å². The topological polar surface area (TPSA) is 139 Å². The minimum absolute atomic E-state index is 0.00329. The van der Waals surface area contributed by atoms with Gasteiger partial charge in [-0.25, -0.2) is 0 Å². The standard InChI is InChI=1S/C29H23NO8/c1-36-17-9-8-16-10-19(29(35)30-20(16)11-17)18(12-25(34)37-2)26-21(31)13-22(32)27-23(33)14-24(38-28(26)27)15-6-4-3-5-7-15/h3-11,13-14,18,31-32H,12H2,1-2H3,(H,30,35)/t18-/m0/s1. The molecule has 192 valence electrons. The number of aromatic amines is 1. The van der Waals surface area contributed by atoms with E-state index < -0.39 is 34.4 Å². The van der Waals surface area contributed by atoms with Crippen molar-refractivity contribution in [2.45, 2.75) is 12.3 Å². The van der Waals surface area contributed by atoms with Crippen LogP contribution in [0.25, 0.3) is 33.2 Å². The molecule has 0 aliphatic rings. The third kappa shape index (κ3) is 4.34. The number of hydrogen-bond acceptors (Lipinski definition) is 8. The van der Waals surface area contributed by atoms with Crippen LogP contribution in [-0.4, -0.2) is 35.4 Å². The predicted octanol–water partition coefficient (Wildman–Crippen LogP) is 4.42. The fraction of sp³-hybridized carbons (Fsp3) is 0.138. The van der Waals surface area contributed by atoms with E-state index in [1.165, 1.54) is 20.3 Å². The summed E-state index contributed by atoms with van der Waals surface area (Å²) in [5.41, 5.74) is -0.00604.